The summed E-state index contributed by atoms with van der Waals surface area (Å²) in [6, 6.07) is 10.0. The molecule has 1 fully saturated rings. The second kappa shape index (κ2) is 7.39. The van der Waals surface area contributed by atoms with E-state index in [1.807, 2.05) is 30.3 Å². The molecule has 1 aromatic carbocycles. The summed E-state index contributed by atoms with van der Waals surface area (Å²) in [5, 5.41) is 10.7. The van der Waals surface area contributed by atoms with Gasteiger partial charge in [0.2, 0.25) is 0 Å². The lowest BCUT2D eigenvalue weighted by Crippen LogP contribution is -2.49. The first kappa shape index (κ1) is 16.5. The van der Waals surface area contributed by atoms with Crippen molar-refractivity contribution in [2.45, 2.75) is 33.3 Å². The number of aliphatic hydroxyl groups excluding tert-OH is 1. The third-order valence-corrected chi connectivity index (χ3v) is 4.49. The van der Waals surface area contributed by atoms with E-state index >= 15 is 0 Å². The number of piperazine rings is 1. The maximum Gasteiger partial charge on any atom is 0.0853 e. The molecule has 1 aliphatic heterocycles. The minimum absolute atomic E-state index is 0.131. The van der Waals surface area contributed by atoms with Gasteiger partial charge in [0.25, 0.3) is 0 Å². The number of nitrogens with zero attached hydrogens (tertiary/aromatic N) is 2. The molecule has 3 heteroatoms. The van der Waals surface area contributed by atoms with Crippen LogP contribution in [0.4, 0.5) is 0 Å². The summed E-state index contributed by atoms with van der Waals surface area (Å²) in [6.45, 7) is 13.3. The van der Waals surface area contributed by atoms with E-state index in [1.54, 1.807) is 0 Å². The molecule has 3 nitrogen and oxygen atoms in total. The molecule has 1 saturated heterocycles. The molecule has 1 aliphatic rings. The fourth-order valence-corrected chi connectivity index (χ4v) is 3.24. The molecule has 0 spiro atoms. The average Bonchev–Trinajstić information content (AvgIpc) is 2.49. The maximum atomic E-state index is 10.7. The molecule has 2 rings (SSSR count). The normalized spacial score (nSPS) is 19.6. The monoisotopic (exact) mass is 290 g/mol. The van der Waals surface area contributed by atoms with Gasteiger partial charge in [0.05, 0.1) is 6.10 Å². The lowest BCUT2D eigenvalue weighted by atomic mass is 9.82. The molecule has 0 bridgehead atoms. The van der Waals surface area contributed by atoms with Crippen molar-refractivity contribution < 1.29 is 5.11 Å². The predicted octanol–water partition coefficient (Wildman–Crippen LogP) is 2.77. The molecule has 0 saturated carbocycles. The van der Waals surface area contributed by atoms with Gasteiger partial charge in [-0.25, -0.2) is 0 Å². The van der Waals surface area contributed by atoms with Gasteiger partial charge in [0.1, 0.15) is 0 Å². The maximum absolute atomic E-state index is 10.7. The Bertz CT molecular complexity index is 410. The van der Waals surface area contributed by atoms with Crippen molar-refractivity contribution in [2.75, 3.05) is 39.3 Å². The molecule has 118 valence electrons. The number of hydrogen-bond acceptors (Lipinski definition) is 3. The van der Waals surface area contributed by atoms with Crippen LogP contribution in [0.2, 0.25) is 0 Å². The highest BCUT2D eigenvalue weighted by molar-refractivity contribution is 5.19. The minimum Gasteiger partial charge on any atom is -0.388 e. The first-order chi connectivity index (χ1) is 10.0. The van der Waals surface area contributed by atoms with Crippen molar-refractivity contribution in [3.63, 3.8) is 0 Å². The van der Waals surface area contributed by atoms with Crippen LogP contribution < -0.4 is 0 Å². The highest BCUT2D eigenvalue weighted by Crippen LogP contribution is 2.34. The van der Waals surface area contributed by atoms with Crippen molar-refractivity contribution in [3.05, 3.63) is 35.9 Å². The summed E-state index contributed by atoms with van der Waals surface area (Å²) in [7, 11) is 0. The van der Waals surface area contributed by atoms with E-state index in [2.05, 4.69) is 30.6 Å². The molecule has 1 unspecified atom stereocenters. The number of aliphatic hydroxyl groups is 1. The van der Waals surface area contributed by atoms with Crippen LogP contribution in [0.15, 0.2) is 30.3 Å². The van der Waals surface area contributed by atoms with E-state index in [4.69, 9.17) is 0 Å². The van der Waals surface area contributed by atoms with Crippen molar-refractivity contribution >= 4 is 0 Å². The van der Waals surface area contributed by atoms with Crippen LogP contribution in [0.3, 0.4) is 0 Å². The Labute approximate surface area is 129 Å². The van der Waals surface area contributed by atoms with Gasteiger partial charge in [-0.3, -0.25) is 0 Å². The predicted molar refractivity (Wildman–Crippen MR) is 88.4 cm³/mol. The van der Waals surface area contributed by atoms with E-state index in [0.717, 1.165) is 38.3 Å². The Morgan fingerprint density at radius 2 is 1.62 bits per heavy atom. The molecular weight excluding hydrogens is 260 g/mol. The van der Waals surface area contributed by atoms with Crippen molar-refractivity contribution in [1.82, 2.24) is 9.80 Å². The Morgan fingerprint density at radius 3 is 2.19 bits per heavy atom. The van der Waals surface area contributed by atoms with Crippen LogP contribution in [-0.4, -0.2) is 54.2 Å². The summed E-state index contributed by atoms with van der Waals surface area (Å²) in [4.78, 5) is 5.04. The molecule has 21 heavy (non-hydrogen) atoms. The van der Waals surface area contributed by atoms with Gasteiger partial charge >= 0.3 is 0 Å². The van der Waals surface area contributed by atoms with E-state index in [-0.39, 0.29) is 5.41 Å². The largest absolute Gasteiger partial charge is 0.388 e. The first-order valence-electron chi connectivity index (χ1n) is 8.20. The number of rotatable bonds is 6. The van der Waals surface area contributed by atoms with Crippen LogP contribution in [0.5, 0.6) is 0 Å². The smallest absolute Gasteiger partial charge is 0.0853 e. The highest BCUT2D eigenvalue weighted by Gasteiger charge is 2.32. The molecule has 1 atom stereocenters. The van der Waals surface area contributed by atoms with Gasteiger partial charge in [-0.15, -0.1) is 0 Å². The second-order valence-corrected chi connectivity index (χ2v) is 6.92. The van der Waals surface area contributed by atoms with E-state index < -0.39 is 6.10 Å². The van der Waals surface area contributed by atoms with E-state index in [0.29, 0.717) is 0 Å². The Hall–Kier alpha value is -0.900. The van der Waals surface area contributed by atoms with E-state index in [1.165, 1.54) is 13.0 Å². The first-order valence-corrected chi connectivity index (χ1v) is 8.20. The Balaban J connectivity index is 1.89. The fourth-order valence-electron chi connectivity index (χ4n) is 3.24. The number of benzene rings is 1. The summed E-state index contributed by atoms with van der Waals surface area (Å²) in [5.74, 6) is 0. The summed E-state index contributed by atoms with van der Waals surface area (Å²) < 4.78 is 0. The van der Waals surface area contributed by atoms with Crippen molar-refractivity contribution in [1.29, 1.82) is 0 Å². The lowest BCUT2D eigenvalue weighted by Gasteiger charge is -2.40. The fraction of sp³-hybridized carbons (Fsp3) is 0.667. The summed E-state index contributed by atoms with van der Waals surface area (Å²) in [5.41, 5.74) is 0.890. The van der Waals surface area contributed by atoms with Gasteiger partial charge in [-0.1, -0.05) is 51.1 Å². The minimum atomic E-state index is -0.410. The summed E-state index contributed by atoms with van der Waals surface area (Å²) >= 11 is 0. The van der Waals surface area contributed by atoms with Crippen molar-refractivity contribution in [3.8, 4) is 0 Å². The van der Waals surface area contributed by atoms with Crippen LogP contribution in [0.25, 0.3) is 0 Å². The third kappa shape index (κ3) is 4.53. The zero-order valence-electron chi connectivity index (χ0n) is 13.8. The summed E-state index contributed by atoms with van der Waals surface area (Å²) in [6.07, 6.45) is 0.824. The van der Waals surface area contributed by atoms with Gasteiger partial charge in [0, 0.05) is 38.1 Å². The Morgan fingerprint density at radius 1 is 1.05 bits per heavy atom. The molecular formula is C18H30N2O. The molecule has 0 amide bonds. The van der Waals surface area contributed by atoms with Gasteiger partial charge < -0.3 is 14.9 Å². The molecule has 0 radical (unpaired) electrons. The van der Waals surface area contributed by atoms with E-state index in [9.17, 15) is 5.11 Å². The highest BCUT2D eigenvalue weighted by atomic mass is 16.3. The quantitative estimate of drug-likeness (QED) is 0.873. The molecule has 0 aromatic heterocycles. The van der Waals surface area contributed by atoms with Crippen molar-refractivity contribution in [2.24, 2.45) is 5.41 Å². The van der Waals surface area contributed by atoms with Crippen LogP contribution in [-0.2, 0) is 0 Å². The SMILES string of the molecule is CCCN1CCN(CC(C)(C)C(O)c2ccccc2)CC1. The second-order valence-electron chi connectivity index (χ2n) is 6.92. The average molecular weight is 290 g/mol. The molecule has 1 heterocycles. The van der Waals surface area contributed by atoms with Crippen LogP contribution in [0.1, 0.15) is 38.9 Å². The topological polar surface area (TPSA) is 26.7 Å². The van der Waals surface area contributed by atoms with Gasteiger partial charge in [-0.05, 0) is 18.5 Å². The standard InChI is InChI=1S/C18H30N2O/c1-4-10-19-11-13-20(14-12-19)15-18(2,3)17(21)16-8-6-5-7-9-16/h5-9,17,21H,4,10-15H2,1-3H3. The van der Waals surface area contributed by atoms with Gasteiger partial charge in [-0.2, -0.15) is 0 Å². The molecule has 1 aromatic rings. The van der Waals surface area contributed by atoms with Gasteiger partial charge in [0.15, 0.2) is 0 Å². The zero-order valence-corrected chi connectivity index (χ0v) is 13.8. The van der Waals surface area contributed by atoms with Crippen LogP contribution >= 0.6 is 0 Å². The third-order valence-electron chi connectivity index (χ3n) is 4.49. The zero-order chi connectivity index (χ0) is 15.3. The Kier molecular flexibility index (Phi) is 5.80. The lowest BCUT2D eigenvalue weighted by molar-refractivity contribution is 0.00737. The number of hydrogen-bond donors (Lipinski definition) is 1. The van der Waals surface area contributed by atoms with Crippen LogP contribution in [0, 0.1) is 5.41 Å². The molecule has 1 N–H and O–H groups in total. The molecule has 0 aliphatic carbocycles.